The van der Waals surface area contributed by atoms with Crippen molar-refractivity contribution < 1.29 is 19.0 Å². The third-order valence-electron chi connectivity index (χ3n) is 6.46. The van der Waals surface area contributed by atoms with Gasteiger partial charge in [-0.15, -0.1) is 0 Å². The SMILES string of the molecule is CO[C@](C)(C(=O)OC(C)(C)C)[C@H]1CCc2cc(C(=N)NC3CC(C)(CN)C3)ccc2O1. The highest BCUT2D eigenvalue weighted by molar-refractivity contribution is 5.97. The lowest BCUT2D eigenvalue weighted by atomic mass is 9.67. The third kappa shape index (κ3) is 5.04. The standard InChI is InChI=1S/C24H37N3O4/c1-22(2,3)31-21(28)24(5,29-6)19-10-8-15-11-16(7-9-18(15)30-19)20(26)27-17-12-23(4,13-17)14-25/h7,9,11,17,19H,8,10,12-14,25H2,1-6H3,(H2,26,27)/t17?,19-,23?,24+/m1/s1. The summed E-state index contributed by atoms with van der Waals surface area (Å²) in [5.74, 6) is 0.715. The van der Waals surface area contributed by atoms with Gasteiger partial charge in [0.15, 0.2) is 5.60 Å². The molecule has 4 N–H and O–H groups in total. The molecule has 1 aliphatic heterocycles. The van der Waals surface area contributed by atoms with Crippen LogP contribution in [0.25, 0.3) is 0 Å². The molecule has 1 fully saturated rings. The summed E-state index contributed by atoms with van der Waals surface area (Å²) in [6.07, 6.45) is 2.88. The fourth-order valence-corrected chi connectivity index (χ4v) is 4.34. The number of nitrogens with one attached hydrogen (secondary N) is 2. The Balaban J connectivity index is 1.67. The van der Waals surface area contributed by atoms with Gasteiger partial charge in [-0.2, -0.15) is 0 Å². The highest BCUT2D eigenvalue weighted by Gasteiger charge is 2.47. The van der Waals surface area contributed by atoms with Crippen LogP contribution in [-0.4, -0.2) is 48.8 Å². The topological polar surface area (TPSA) is 107 Å². The van der Waals surface area contributed by atoms with Gasteiger partial charge >= 0.3 is 5.97 Å². The van der Waals surface area contributed by atoms with Crippen LogP contribution in [0, 0.1) is 10.8 Å². The van der Waals surface area contributed by atoms with E-state index in [0.29, 0.717) is 24.8 Å². The Morgan fingerprint density at radius 1 is 1.32 bits per heavy atom. The molecule has 1 aliphatic carbocycles. The van der Waals surface area contributed by atoms with E-state index in [2.05, 4.69) is 12.2 Å². The first-order valence-corrected chi connectivity index (χ1v) is 11.0. The van der Waals surface area contributed by atoms with Crippen molar-refractivity contribution in [3.05, 3.63) is 29.3 Å². The summed E-state index contributed by atoms with van der Waals surface area (Å²) in [7, 11) is 1.51. The second-order valence-corrected chi connectivity index (χ2v) is 10.4. The molecule has 0 saturated heterocycles. The maximum Gasteiger partial charge on any atom is 0.342 e. The number of hydrogen-bond donors (Lipinski definition) is 3. The van der Waals surface area contributed by atoms with Crippen LogP contribution < -0.4 is 15.8 Å². The molecule has 7 nitrogen and oxygen atoms in total. The van der Waals surface area contributed by atoms with E-state index in [1.807, 2.05) is 39.0 Å². The molecule has 1 saturated carbocycles. The van der Waals surface area contributed by atoms with Crippen molar-refractivity contribution in [2.45, 2.75) is 83.6 Å². The van der Waals surface area contributed by atoms with E-state index in [1.165, 1.54) is 7.11 Å². The van der Waals surface area contributed by atoms with Crippen molar-refractivity contribution in [3.63, 3.8) is 0 Å². The zero-order valence-corrected chi connectivity index (χ0v) is 19.6. The molecule has 0 aromatic heterocycles. The molecule has 0 amide bonds. The molecule has 7 heteroatoms. The first-order chi connectivity index (χ1) is 14.4. The minimum absolute atomic E-state index is 0.193. The first kappa shape index (κ1) is 23.5. The van der Waals surface area contributed by atoms with Gasteiger partial charge in [0.2, 0.25) is 0 Å². The Hall–Kier alpha value is -2.12. The minimum Gasteiger partial charge on any atom is -0.486 e. The molecule has 1 aromatic carbocycles. The lowest BCUT2D eigenvalue weighted by Gasteiger charge is -2.45. The van der Waals surface area contributed by atoms with Crippen molar-refractivity contribution in [1.82, 2.24) is 5.32 Å². The second-order valence-electron chi connectivity index (χ2n) is 10.4. The van der Waals surface area contributed by atoms with Gasteiger partial charge in [0.25, 0.3) is 0 Å². The van der Waals surface area contributed by atoms with Crippen LogP contribution in [-0.2, 0) is 20.7 Å². The number of carbonyl (C=O) groups excluding carboxylic acids is 1. The summed E-state index contributed by atoms with van der Waals surface area (Å²) < 4.78 is 17.4. The fraction of sp³-hybridized carbons (Fsp3) is 0.667. The Morgan fingerprint density at radius 2 is 2.00 bits per heavy atom. The number of esters is 1. The Bertz CT molecular complexity index is 842. The summed E-state index contributed by atoms with van der Waals surface area (Å²) in [5, 5.41) is 11.8. The van der Waals surface area contributed by atoms with Crippen molar-refractivity contribution in [3.8, 4) is 5.75 Å². The largest absolute Gasteiger partial charge is 0.486 e. The molecule has 3 rings (SSSR count). The van der Waals surface area contributed by atoms with E-state index in [9.17, 15) is 4.79 Å². The molecule has 172 valence electrons. The molecule has 0 radical (unpaired) electrons. The van der Waals surface area contributed by atoms with Crippen LogP contribution in [0.1, 0.15) is 65.0 Å². The number of amidine groups is 1. The molecule has 1 aromatic rings. The number of rotatable bonds is 6. The van der Waals surface area contributed by atoms with Crippen molar-refractivity contribution >= 4 is 11.8 Å². The maximum atomic E-state index is 12.8. The number of fused-ring (bicyclic) bond motifs is 1. The van der Waals surface area contributed by atoms with Crippen LogP contribution in [0.15, 0.2) is 18.2 Å². The third-order valence-corrected chi connectivity index (χ3v) is 6.46. The predicted molar refractivity (Wildman–Crippen MR) is 121 cm³/mol. The molecule has 0 bridgehead atoms. The molecule has 31 heavy (non-hydrogen) atoms. The monoisotopic (exact) mass is 431 g/mol. The van der Waals surface area contributed by atoms with Gasteiger partial charge in [0.1, 0.15) is 23.3 Å². The van der Waals surface area contributed by atoms with E-state index in [0.717, 1.165) is 36.1 Å². The number of ether oxygens (including phenoxy) is 3. The smallest absolute Gasteiger partial charge is 0.342 e. The molecule has 0 spiro atoms. The van der Waals surface area contributed by atoms with E-state index >= 15 is 0 Å². The van der Waals surface area contributed by atoms with Crippen LogP contribution in [0.2, 0.25) is 0 Å². The van der Waals surface area contributed by atoms with Crippen LogP contribution >= 0.6 is 0 Å². The average molecular weight is 432 g/mol. The summed E-state index contributed by atoms with van der Waals surface area (Å²) >= 11 is 0. The van der Waals surface area contributed by atoms with Gasteiger partial charge < -0.3 is 25.3 Å². The Morgan fingerprint density at radius 3 is 2.58 bits per heavy atom. The van der Waals surface area contributed by atoms with E-state index in [1.54, 1.807) is 6.92 Å². The van der Waals surface area contributed by atoms with Gasteiger partial charge in [-0.05, 0) is 89.1 Å². The number of aryl methyl sites for hydroxylation is 1. The van der Waals surface area contributed by atoms with E-state index in [4.69, 9.17) is 25.4 Å². The van der Waals surface area contributed by atoms with Crippen molar-refractivity contribution in [2.24, 2.45) is 11.1 Å². The van der Waals surface area contributed by atoms with Gasteiger partial charge in [-0.3, -0.25) is 5.41 Å². The van der Waals surface area contributed by atoms with Gasteiger partial charge in [-0.1, -0.05) is 6.92 Å². The van der Waals surface area contributed by atoms with Gasteiger partial charge in [-0.25, -0.2) is 4.79 Å². The van der Waals surface area contributed by atoms with Crippen LogP contribution in [0.5, 0.6) is 5.75 Å². The van der Waals surface area contributed by atoms with Crippen LogP contribution in [0.4, 0.5) is 0 Å². The number of carbonyl (C=O) groups is 1. The summed E-state index contributed by atoms with van der Waals surface area (Å²) in [5.41, 5.74) is 6.08. The Kier molecular flexibility index (Phi) is 6.40. The number of methoxy groups -OCH3 is 1. The molecule has 0 unspecified atom stereocenters. The van der Waals surface area contributed by atoms with Gasteiger partial charge in [0.05, 0.1) is 0 Å². The Labute approximate surface area is 185 Å². The number of nitrogens with two attached hydrogens (primary N) is 1. The molecule has 1 heterocycles. The quantitative estimate of drug-likeness (QED) is 0.363. The predicted octanol–water partition coefficient (Wildman–Crippen LogP) is 3.17. The first-order valence-electron chi connectivity index (χ1n) is 11.0. The molecule has 2 atom stereocenters. The summed E-state index contributed by atoms with van der Waals surface area (Å²) in [6.45, 7) is 10.1. The fourth-order valence-electron chi connectivity index (χ4n) is 4.34. The molecular weight excluding hydrogens is 394 g/mol. The number of benzene rings is 1. The molecular formula is C24H37N3O4. The summed E-state index contributed by atoms with van der Waals surface area (Å²) in [6, 6.07) is 6.06. The van der Waals surface area contributed by atoms with Gasteiger partial charge in [0, 0.05) is 18.7 Å². The molecule has 2 aliphatic rings. The lowest BCUT2D eigenvalue weighted by molar-refractivity contribution is -0.190. The van der Waals surface area contributed by atoms with Crippen molar-refractivity contribution in [1.29, 1.82) is 5.41 Å². The zero-order chi connectivity index (χ0) is 23.0. The number of hydrogen-bond acceptors (Lipinski definition) is 6. The normalized spacial score (nSPS) is 27.2. The second kappa shape index (κ2) is 8.43. The maximum absolute atomic E-state index is 12.8. The highest BCUT2D eigenvalue weighted by atomic mass is 16.6. The van der Waals surface area contributed by atoms with E-state index < -0.39 is 23.3 Å². The highest BCUT2D eigenvalue weighted by Crippen LogP contribution is 2.40. The minimum atomic E-state index is -1.20. The summed E-state index contributed by atoms with van der Waals surface area (Å²) in [4.78, 5) is 12.8. The lowest BCUT2D eigenvalue weighted by Crippen LogP contribution is -2.54. The van der Waals surface area contributed by atoms with E-state index in [-0.39, 0.29) is 5.41 Å². The van der Waals surface area contributed by atoms with Crippen LogP contribution in [0.3, 0.4) is 0 Å². The van der Waals surface area contributed by atoms with Crippen molar-refractivity contribution in [2.75, 3.05) is 13.7 Å². The zero-order valence-electron chi connectivity index (χ0n) is 19.6. The average Bonchev–Trinajstić information content (AvgIpc) is 2.69.